The van der Waals surface area contributed by atoms with Crippen molar-refractivity contribution in [3.05, 3.63) is 60.3 Å². The maximum atomic E-state index is 12.7. The number of benzene rings is 2. The average Bonchev–Trinajstić information content (AvgIpc) is 3.10. The zero-order valence-electron chi connectivity index (χ0n) is 14.9. The molecule has 0 aliphatic carbocycles. The molecule has 134 valence electrons. The van der Waals surface area contributed by atoms with Gasteiger partial charge in [-0.15, -0.1) is 0 Å². The van der Waals surface area contributed by atoms with E-state index in [2.05, 4.69) is 34.1 Å². The van der Waals surface area contributed by atoms with Crippen molar-refractivity contribution in [3.63, 3.8) is 0 Å². The number of ether oxygens (including phenoxy) is 1. The lowest BCUT2D eigenvalue weighted by atomic mass is 10.1. The summed E-state index contributed by atoms with van der Waals surface area (Å²) in [6.07, 6.45) is 2.36. The van der Waals surface area contributed by atoms with Crippen molar-refractivity contribution in [2.24, 2.45) is 0 Å². The van der Waals surface area contributed by atoms with Crippen LogP contribution >= 0.6 is 0 Å². The molecule has 1 N–H and O–H groups in total. The van der Waals surface area contributed by atoms with Crippen LogP contribution in [0.15, 0.2) is 54.7 Å². The molecule has 5 heteroatoms. The van der Waals surface area contributed by atoms with E-state index in [1.807, 2.05) is 35.4 Å². The molecule has 5 nitrogen and oxygen atoms in total. The number of hydrogen-bond acceptors (Lipinski definition) is 3. The number of piperazine rings is 1. The van der Waals surface area contributed by atoms with Gasteiger partial charge in [-0.3, -0.25) is 4.79 Å². The van der Waals surface area contributed by atoms with Crippen LogP contribution in [0.4, 0.5) is 5.69 Å². The van der Waals surface area contributed by atoms with E-state index in [4.69, 9.17) is 4.74 Å². The SMILES string of the molecule is COc1ccc2c(CC(=O)N3CCN(c4ccccc4)CC3)c[nH]c2c1. The Morgan fingerprint density at radius 3 is 2.58 bits per heavy atom. The third-order valence-corrected chi connectivity index (χ3v) is 5.07. The molecule has 4 rings (SSSR count). The van der Waals surface area contributed by atoms with Crippen molar-refractivity contribution in [3.8, 4) is 5.75 Å². The highest BCUT2D eigenvalue weighted by atomic mass is 16.5. The van der Waals surface area contributed by atoms with Gasteiger partial charge in [0.25, 0.3) is 0 Å². The lowest BCUT2D eigenvalue weighted by Gasteiger charge is -2.36. The second-order valence-corrected chi connectivity index (χ2v) is 6.61. The van der Waals surface area contributed by atoms with Crippen molar-refractivity contribution in [1.82, 2.24) is 9.88 Å². The topological polar surface area (TPSA) is 48.6 Å². The number of hydrogen-bond donors (Lipinski definition) is 1. The molecule has 0 atom stereocenters. The summed E-state index contributed by atoms with van der Waals surface area (Å²) in [6.45, 7) is 3.29. The highest BCUT2D eigenvalue weighted by Gasteiger charge is 2.22. The molecule has 1 saturated heterocycles. The minimum Gasteiger partial charge on any atom is -0.497 e. The summed E-state index contributed by atoms with van der Waals surface area (Å²) in [6, 6.07) is 16.3. The van der Waals surface area contributed by atoms with E-state index in [1.54, 1.807) is 7.11 Å². The Hall–Kier alpha value is -2.95. The molecule has 1 amide bonds. The van der Waals surface area contributed by atoms with Gasteiger partial charge in [0.05, 0.1) is 13.5 Å². The molecule has 0 spiro atoms. The number of nitrogens with one attached hydrogen (secondary N) is 1. The van der Waals surface area contributed by atoms with Crippen LogP contribution in [0, 0.1) is 0 Å². The zero-order valence-corrected chi connectivity index (χ0v) is 14.9. The number of rotatable bonds is 4. The summed E-state index contributed by atoms with van der Waals surface area (Å²) in [5.74, 6) is 1.00. The van der Waals surface area contributed by atoms with E-state index in [0.29, 0.717) is 6.42 Å². The number of anilines is 1. The van der Waals surface area contributed by atoms with Gasteiger partial charge in [-0.05, 0) is 29.8 Å². The first-order valence-corrected chi connectivity index (χ1v) is 8.96. The van der Waals surface area contributed by atoms with E-state index < -0.39 is 0 Å². The second kappa shape index (κ2) is 7.12. The molecule has 0 bridgehead atoms. The molecule has 26 heavy (non-hydrogen) atoms. The monoisotopic (exact) mass is 349 g/mol. The van der Waals surface area contributed by atoms with Gasteiger partial charge in [0.2, 0.25) is 5.91 Å². The Morgan fingerprint density at radius 1 is 1.08 bits per heavy atom. The number of amides is 1. The normalized spacial score (nSPS) is 14.7. The highest BCUT2D eigenvalue weighted by Crippen LogP contribution is 2.24. The number of aromatic nitrogens is 1. The molecule has 1 aliphatic rings. The molecule has 3 aromatic rings. The number of methoxy groups -OCH3 is 1. The predicted octanol–water partition coefficient (Wildman–Crippen LogP) is 3.07. The van der Waals surface area contributed by atoms with Gasteiger partial charge in [-0.2, -0.15) is 0 Å². The van der Waals surface area contributed by atoms with Gasteiger partial charge in [0.15, 0.2) is 0 Å². The zero-order chi connectivity index (χ0) is 17.9. The first-order chi connectivity index (χ1) is 12.7. The fraction of sp³-hybridized carbons (Fsp3) is 0.286. The van der Waals surface area contributed by atoms with Crippen LogP contribution in [0.5, 0.6) is 5.75 Å². The molecule has 0 saturated carbocycles. The van der Waals surface area contributed by atoms with Gasteiger partial charge in [0, 0.05) is 55.0 Å². The quantitative estimate of drug-likeness (QED) is 0.787. The van der Waals surface area contributed by atoms with Crippen LogP contribution in [0.3, 0.4) is 0 Å². The Labute approximate surface area is 153 Å². The van der Waals surface area contributed by atoms with Gasteiger partial charge in [0.1, 0.15) is 5.75 Å². The van der Waals surface area contributed by atoms with Crippen molar-refractivity contribution >= 4 is 22.5 Å². The Balaban J connectivity index is 1.40. The molecule has 1 fully saturated rings. The maximum absolute atomic E-state index is 12.7. The van der Waals surface area contributed by atoms with Crippen molar-refractivity contribution < 1.29 is 9.53 Å². The number of H-pyrrole nitrogens is 1. The number of nitrogens with zero attached hydrogens (tertiary/aromatic N) is 2. The molecule has 0 unspecified atom stereocenters. The van der Waals surface area contributed by atoms with Gasteiger partial charge < -0.3 is 19.5 Å². The smallest absolute Gasteiger partial charge is 0.227 e. The number of para-hydroxylation sites is 1. The molecule has 1 aliphatic heterocycles. The van der Waals surface area contributed by atoms with Crippen LogP contribution in [0.2, 0.25) is 0 Å². The molecular formula is C21H23N3O2. The minimum absolute atomic E-state index is 0.189. The minimum atomic E-state index is 0.189. The third kappa shape index (κ3) is 3.25. The van der Waals surface area contributed by atoms with Crippen molar-refractivity contribution in [2.45, 2.75) is 6.42 Å². The lowest BCUT2D eigenvalue weighted by Crippen LogP contribution is -2.49. The fourth-order valence-corrected chi connectivity index (χ4v) is 3.57. The average molecular weight is 349 g/mol. The number of aromatic amines is 1. The fourth-order valence-electron chi connectivity index (χ4n) is 3.57. The van der Waals surface area contributed by atoms with Gasteiger partial charge in [-0.25, -0.2) is 0 Å². The van der Waals surface area contributed by atoms with Crippen LogP contribution in [0.1, 0.15) is 5.56 Å². The lowest BCUT2D eigenvalue weighted by molar-refractivity contribution is -0.130. The predicted molar refractivity (Wildman–Crippen MR) is 104 cm³/mol. The van der Waals surface area contributed by atoms with Crippen molar-refractivity contribution in [1.29, 1.82) is 0 Å². The molecule has 0 radical (unpaired) electrons. The third-order valence-electron chi connectivity index (χ3n) is 5.07. The van der Waals surface area contributed by atoms with Crippen LogP contribution in [-0.4, -0.2) is 49.1 Å². The van der Waals surface area contributed by atoms with Crippen LogP contribution in [0.25, 0.3) is 10.9 Å². The van der Waals surface area contributed by atoms with Gasteiger partial charge >= 0.3 is 0 Å². The first-order valence-electron chi connectivity index (χ1n) is 8.96. The summed E-state index contributed by atoms with van der Waals surface area (Å²) in [7, 11) is 1.66. The summed E-state index contributed by atoms with van der Waals surface area (Å²) in [5, 5.41) is 1.09. The summed E-state index contributed by atoms with van der Waals surface area (Å²) < 4.78 is 5.25. The van der Waals surface area contributed by atoms with E-state index >= 15 is 0 Å². The molecule has 1 aromatic heterocycles. The maximum Gasteiger partial charge on any atom is 0.227 e. The van der Waals surface area contributed by atoms with E-state index in [-0.39, 0.29) is 5.91 Å². The Bertz CT molecular complexity index is 896. The summed E-state index contributed by atoms with van der Waals surface area (Å²) >= 11 is 0. The highest BCUT2D eigenvalue weighted by molar-refractivity contribution is 5.89. The standard InChI is InChI=1S/C21H23N3O2/c1-26-18-7-8-19-16(15-22-20(19)14-18)13-21(25)24-11-9-23(10-12-24)17-5-3-2-4-6-17/h2-8,14-15,22H,9-13H2,1H3. The van der Waals surface area contributed by atoms with E-state index in [0.717, 1.165) is 48.4 Å². The first kappa shape index (κ1) is 16.5. The van der Waals surface area contributed by atoms with E-state index in [9.17, 15) is 4.79 Å². The van der Waals surface area contributed by atoms with Crippen LogP contribution < -0.4 is 9.64 Å². The molecular weight excluding hydrogens is 326 g/mol. The Kier molecular flexibility index (Phi) is 4.52. The summed E-state index contributed by atoms with van der Waals surface area (Å²) in [5.41, 5.74) is 3.27. The Morgan fingerprint density at radius 2 is 1.85 bits per heavy atom. The number of carbonyl (C=O) groups is 1. The summed E-state index contributed by atoms with van der Waals surface area (Å²) in [4.78, 5) is 20.3. The van der Waals surface area contributed by atoms with Crippen LogP contribution in [-0.2, 0) is 11.2 Å². The number of carbonyl (C=O) groups excluding carboxylic acids is 1. The molecule has 2 heterocycles. The van der Waals surface area contributed by atoms with E-state index in [1.165, 1.54) is 5.69 Å². The van der Waals surface area contributed by atoms with Crippen molar-refractivity contribution in [2.75, 3.05) is 38.2 Å². The second-order valence-electron chi connectivity index (χ2n) is 6.61. The molecule has 2 aromatic carbocycles. The number of fused-ring (bicyclic) bond motifs is 1. The largest absolute Gasteiger partial charge is 0.497 e. The van der Waals surface area contributed by atoms with Gasteiger partial charge in [-0.1, -0.05) is 18.2 Å².